The van der Waals surface area contributed by atoms with Crippen molar-refractivity contribution in [1.29, 1.82) is 0 Å². The summed E-state index contributed by atoms with van der Waals surface area (Å²) in [5, 5.41) is 9.42. The van der Waals surface area contributed by atoms with Crippen LogP contribution in [0.5, 0.6) is 11.5 Å². The molecule has 114 valence electrons. The fraction of sp³-hybridized carbons (Fsp3) is 0.562. The average Bonchev–Trinajstić information content (AvgIpc) is 3.30. The highest BCUT2D eigenvalue weighted by Gasteiger charge is 2.52. The van der Waals surface area contributed by atoms with Crippen molar-refractivity contribution in [3.05, 3.63) is 23.8 Å². The first-order valence-electron chi connectivity index (χ1n) is 7.32. The predicted octanol–water partition coefficient (Wildman–Crippen LogP) is 3.09. The smallest absolute Gasteiger partial charge is 0.314 e. The van der Waals surface area contributed by atoms with Gasteiger partial charge in [0.2, 0.25) is 0 Å². The highest BCUT2D eigenvalue weighted by Crippen LogP contribution is 2.50. The van der Waals surface area contributed by atoms with Gasteiger partial charge in [0.25, 0.3) is 0 Å². The van der Waals surface area contributed by atoms with Crippen LogP contribution in [0.1, 0.15) is 31.2 Å². The number of hydrogen-bond donors (Lipinski definition) is 1. The van der Waals surface area contributed by atoms with Gasteiger partial charge in [-0.3, -0.25) is 4.79 Å². The molecule has 0 radical (unpaired) electrons. The van der Waals surface area contributed by atoms with E-state index in [1.54, 1.807) is 7.11 Å². The molecule has 0 spiro atoms. The summed E-state index contributed by atoms with van der Waals surface area (Å²) in [6, 6.07) is 5.54. The Morgan fingerprint density at radius 3 is 2.57 bits per heavy atom. The SMILES string of the molecule is COc1ccc(C2(C(=O)O)CC2)cc1OC1CCSCC1. The van der Waals surface area contributed by atoms with E-state index in [4.69, 9.17) is 9.47 Å². The Kier molecular flexibility index (Phi) is 4.02. The van der Waals surface area contributed by atoms with E-state index < -0.39 is 11.4 Å². The van der Waals surface area contributed by atoms with Crippen LogP contribution in [0, 0.1) is 0 Å². The molecule has 4 nitrogen and oxygen atoms in total. The van der Waals surface area contributed by atoms with Crippen LogP contribution >= 0.6 is 11.8 Å². The first-order chi connectivity index (χ1) is 10.2. The normalized spacial score (nSPS) is 20.8. The lowest BCUT2D eigenvalue weighted by molar-refractivity contribution is -0.140. The van der Waals surface area contributed by atoms with E-state index in [9.17, 15) is 9.90 Å². The first kappa shape index (κ1) is 14.6. The molecule has 0 amide bonds. The monoisotopic (exact) mass is 308 g/mol. The maximum absolute atomic E-state index is 11.5. The van der Waals surface area contributed by atoms with E-state index in [1.807, 2.05) is 30.0 Å². The minimum absolute atomic E-state index is 0.204. The Bertz CT molecular complexity index is 533. The topological polar surface area (TPSA) is 55.8 Å². The van der Waals surface area contributed by atoms with Crippen LogP contribution in [0.2, 0.25) is 0 Å². The summed E-state index contributed by atoms with van der Waals surface area (Å²) in [7, 11) is 1.61. The van der Waals surface area contributed by atoms with Crippen LogP contribution in [0.15, 0.2) is 18.2 Å². The lowest BCUT2D eigenvalue weighted by Crippen LogP contribution is -2.23. The molecule has 0 unspecified atom stereocenters. The summed E-state index contributed by atoms with van der Waals surface area (Å²) in [6.45, 7) is 0. The van der Waals surface area contributed by atoms with Crippen molar-refractivity contribution in [2.75, 3.05) is 18.6 Å². The molecule has 1 aromatic rings. The van der Waals surface area contributed by atoms with Crippen molar-refractivity contribution in [3.63, 3.8) is 0 Å². The minimum atomic E-state index is -0.743. The van der Waals surface area contributed by atoms with Gasteiger partial charge in [-0.05, 0) is 54.9 Å². The second-order valence-electron chi connectivity index (χ2n) is 5.68. The molecule has 1 saturated carbocycles. The van der Waals surface area contributed by atoms with Gasteiger partial charge in [0, 0.05) is 0 Å². The zero-order valence-electron chi connectivity index (χ0n) is 12.1. The van der Waals surface area contributed by atoms with Crippen molar-refractivity contribution in [3.8, 4) is 11.5 Å². The summed E-state index contributed by atoms with van der Waals surface area (Å²) in [6.07, 6.45) is 3.67. The molecule has 2 aliphatic rings. The van der Waals surface area contributed by atoms with Gasteiger partial charge in [-0.2, -0.15) is 11.8 Å². The van der Waals surface area contributed by atoms with Gasteiger partial charge in [-0.15, -0.1) is 0 Å². The third-order valence-electron chi connectivity index (χ3n) is 4.34. The van der Waals surface area contributed by atoms with Crippen LogP contribution in [-0.2, 0) is 10.2 Å². The van der Waals surface area contributed by atoms with Gasteiger partial charge in [0.15, 0.2) is 11.5 Å². The third kappa shape index (κ3) is 2.84. The molecule has 21 heavy (non-hydrogen) atoms. The quantitative estimate of drug-likeness (QED) is 0.906. The number of carboxylic acids is 1. The van der Waals surface area contributed by atoms with Gasteiger partial charge in [0.05, 0.1) is 12.5 Å². The zero-order valence-corrected chi connectivity index (χ0v) is 12.9. The molecule has 1 saturated heterocycles. The van der Waals surface area contributed by atoms with Crippen molar-refractivity contribution >= 4 is 17.7 Å². The molecule has 0 atom stereocenters. The van der Waals surface area contributed by atoms with E-state index in [0.717, 1.165) is 29.9 Å². The molecule has 0 bridgehead atoms. The Balaban J connectivity index is 1.85. The highest BCUT2D eigenvalue weighted by atomic mass is 32.2. The number of ether oxygens (including phenoxy) is 2. The van der Waals surface area contributed by atoms with Crippen molar-refractivity contribution in [2.45, 2.75) is 37.2 Å². The summed E-state index contributed by atoms with van der Waals surface area (Å²) >= 11 is 1.95. The van der Waals surface area contributed by atoms with Gasteiger partial charge in [-0.1, -0.05) is 6.07 Å². The highest BCUT2D eigenvalue weighted by molar-refractivity contribution is 7.99. The van der Waals surface area contributed by atoms with Crippen molar-refractivity contribution in [2.24, 2.45) is 0 Å². The summed E-state index contributed by atoms with van der Waals surface area (Å²) in [5.41, 5.74) is 0.128. The fourth-order valence-corrected chi connectivity index (χ4v) is 3.85. The van der Waals surface area contributed by atoms with E-state index >= 15 is 0 Å². The number of carboxylic acid groups (broad SMARTS) is 1. The van der Waals surface area contributed by atoms with Crippen molar-refractivity contribution < 1.29 is 19.4 Å². The fourth-order valence-electron chi connectivity index (χ4n) is 2.79. The van der Waals surface area contributed by atoms with Crippen LogP contribution in [0.25, 0.3) is 0 Å². The Hall–Kier alpha value is -1.36. The Morgan fingerprint density at radius 2 is 2.00 bits per heavy atom. The lowest BCUT2D eigenvalue weighted by atomic mass is 9.96. The van der Waals surface area contributed by atoms with Crippen LogP contribution in [0.3, 0.4) is 0 Å². The number of benzene rings is 1. The number of carbonyl (C=O) groups is 1. The van der Waals surface area contributed by atoms with Crippen LogP contribution < -0.4 is 9.47 Å². The van der Waals surface area contributed by atoms with E-state index in [-0.39, 0.29) is 6.10 Å². The first-order valence-corrected chi connectivity index (χ1v) is 8.47. The van der Waals surface area contributed by atoms with E-state index in [0.29, 0.717) is 24.3 Å². The minimum Gasteiger partial charge on any atom is -0.493 e. The van der Waals surface area contributed by atoms with Crippen LogP contribution in [0.4, 0.5) is 0 Å². The molecule has 1 N–H and O–H groups in total. The molecule has 5 heteroatoms. The number of thioether (sulfide) groups is 1. The second kappa shape index (κ2) is 5.79. The molecule has 3 rings (SSSR count). The van der Waals surface area contributed by atoms with Crippen LogP contribution in [-0.4, -0.2) is 35.8 Å². The average molecular weight is 308 g/mol. The number of hydrogen-bond acceptors (Lipinski definition) is 4. The third-order valence-corrected chi connectivity index (χ3v) is 5.39. The second-order valence-corrected chi connectivity index (χ2v) is 6.91. The summed E-state index contributed by atoms with van der Waals surface area (Å²) in [4.78, 5) is 11.5. The van der Waals surface area contributed by atoms with Gasteiger partial charge in [-0.25, -0.2) is 0 Å². The molecule has 0 aromatic heterocycles. The molecule has 1 aliphatic carbocycles. The predicted molar refractivity (Wildman–Crippen MR) is 82.5 cm³/mol. The Morgan fingerprint density at radius 1 is 1.29 bits per heavy atom. The molecule has 1 aromatic carbocycles. The molecule has 1 heterocycles. The molecular formula is C16H20O4S. The summed E-state index contributed by atoms with van der Waals surface area (Å²) < 4.78 is 11.4. The van der Waals surface area contributed by atoms with Gasteiger partial charge in [0.1, 0.15) is 6.10 Å². The number of aliphatic carboxylic acids is 1. The van der Waals surface area contributed by atoms with Crippen molar-refractivity contribution in [1.82, 2.24) is 0 Å². The van der Waals surface area contributed by atoms with E-state index in [1.165, 1.54) is 0 Å². The summed E-state index contributed by atoms with van der Waals surface area (Å²) in [5.74, 6) is 2.85. The molecule has 1 aliphatic heterocycles. The zero-order chi connectivity index (χ0) is 14.9. The Labute approximate surface area is 128 Å². The maximum Gasteiger partial charge on any atom is 0.314 e. The lowest BCUT2D eigenvalue weighted by Gasteiger charge is -2.24. The number of methoxy groups -OCH3 is 1. The van der Waals surface area contributed by atoms with Gasteiger partial charge < -0.3 is 14.6 Å². The molecular weight excluding hydrogens is 288 g/mol. The maximum atomic E-state index is 11.5. The van der Waals surface area contributed by atoms with Gasteiger partial charge >= 0.3 is 5.97 Å². The largest absolute Gasteiger partial charge is 0.493 e. The standard InChI is InChI=1S/C16H20O4S/c1-19-13-3-2-11(16(6-7-16)15(17)18)10-14(13)20-12-4-8-21-9-5-12/h2-3,10,12H,4-9H2,1H3,(H,17,18). The van der Waals surface area contributed by atoms with E-state index in [2.05, 4.69) is 0 Å². The molecule has 2 fully saturated rings. The number of rotatable bonds is 5.